The summed E-state index contributed by atoms with van der Waals surface area (Å²) in [7, 11) is 2.00. The van der Waals surface area contributed by atoms with Crippen LogP contribution in [0.25, 0.3) is 0 Å². The van der Waals surface area contributed by atoms with Crippen molar-refractivity contribution < 1.29 is 0 Å². The summed E-state index contributed by atoms with van der Waals surface area (Å²) in [4.78, 5) is 0. The molecule has 2 rings (SSSR count). The molecule has 0 aliphatic heterocycles. The van der Waals surface area contributed by atoms with Gasteiger partial charge in [-0.25, -0.2) is 0 Å². The zero-order valence-electron chi connectivity index (χ0n) is 11.7. The number of hydrogen-bond acceptors (Lipinski definition) is 1. The fourth-order valence-electron chi connectivity index (χ4n) is 2.38. The van der Waals surface area contributed by atoms with Gasteiger partial charge in [-0.15, -0.1) is 0 Å². The van der Waals surface area contributed by atoms with Crippen molar-refractivity contribution in [2.45, 2.75) is 33.4 Å². The minimum Gasteiger partial charge on any atom is -0.346 e. The molecule has 2 heteroatoms. The second kappa shape index (κ2) is 5.40. The van der Waals surface area contributed by atoms with Crippen molar-refractivity contribution in [3.63, 3.8) is 0 Å². The van der Waals surface area contributed by atoms with Crippen LogP contribution in [0.2, 0.25) is 0 Å². The molecule has 0 fully saturated rings. The normalized spacial score (nSPS) is 12.7. The third kappa shape index (κ3) is 2.49. The third-order valence-corrected chi connectivity index (χ3v) is 3.71. The molecule has 0 radical (unpaired) electrons. The summed E-state index contributed by atoms with van der Waals surface area (Å²) >= 11 is 0. The first-order valence-electron chi connectivity index (χ1n) is 6.51. The number of rotatable bonds is 4. The summed E-state index contributed by atoms with van der Waals surface area (Å²) < 4.78 is 2.33. The molecule has 1 aromatic heterocycles. The Morgan fingerprint density at radius 3 is 2.39 bits per heavy atom. The molecule has 1 N–H and O–H groups in total. The van der Waals surface area contributed by atoms with Gasteiger partial charge in [-0.05, 0) is 56.6 Å². The summed E-state index contributed by atoms with van der Waals surface area (Å²) in [5.74, 6) is 0. The van der Waals surface area contributed by atoms with Crippen LogP contribution >= 0.6 is 0 Å². The second-order valence-corrected chi connectivity index (χ2v) is 4.94. The van der Waals surface area contributed by atoms with Gasteiger partial charge in [-0.2, -0.15) is 0 Å². The van der Waals surface area contributed by atoms with E-state index in [1.54, 1.807) is 0 Å². The monoisotopic (exact) mass is 242 g/mol. The van der Waals surface area contributed by atoms with Crippen molar-refractivity contribution in [2.24, 2.45) is 0 Å². The number of benzene rings is 1. The predicted molar refractivity (Wildman–Crippen MR) is 76.9 cm³/mol. The lowest BCUT2D eigenvalue weighted by molar-refractivity contribution is 0.588. The first-order chi connectivity index (χ1) is 8.63. The molecule has 2 nitrogen and oxygen atoms in total. The summed E-state index contributed by atoms with van der Waals surface area (Å²) in [6.45, 7) is 7.52. The molecule has 0 saturated carbocycles. The summed E-state index contributed by atoms with van der Waals surface area (Å²) in [5, 5.41) is 3.30. The van der Waals surface area contributed by atoms with Crippen LogP contribution in [0.5, 0.6) is 0 Å². The first-order valence-corrected chi connectivity index (χ1v) is 6.51. The van der Waals surface area contributed by atoms with Gasteiger partial charge in [0.05, 0.1) is 0 Å². The molecule has 1 unspecified atom stereocenters. The highest BCUT2D eigenvalue weighted by atomic mass is 15.0. The lowest BCUT2D eigenvalue weighted by Gasteiger charge is -2.17. The molecule has 1 aromatic carbocycles. The van der Waals surface area contributed by atoms with Crippen molar-refractivity contribution in [1.82, 2.24) is 9.88 Å². The van der Waals surface area contributed by atoms with Crippen molar-refractivity contribution in [2.75, 3.05) is 7.05 Å². The standard InChI is InChI=1S/C16H22N2/c1-12-7-5-8-13(2)15(12)11-18-10-6-9-16(18)14(3)17-4/h5-10,14,17H,11H2,1-4H3. The van der Waals surface area contributed by atoms with Crippen LogP contribution < -0.4 is 5.32 Å². The second-order valence-electron chi connectivity index (χ2n) is 4.94. The smallest absolute Gasteiger partial charge is 0.0478 e. The predicted octanol–water partition coefficient (Wildman–Crippen LogP) is 3.43. The maximum Gasteiger partial charge on any atom is 0.0478 e. The fraction of sp³-hybridized carbons (Fsp3) is 0.375. The molecule has 18 heavy (non-hydrogen) atoms. The topological polar surface area (TPSA) is 17.0 Å². The molecule has 0 aliphatic carbocycles. The molecule has 0 amide bonds. The summed E-state index contributed by atoms with van der Waals surface area (Å²) in [6, 6.07) is 11.2. The van der Waals surface area contributed by atoms with Crippen molar-refractivity contribution >= 4 is 0 Å². The SMILES string of the molecule is CNC(C)c1cccn1Cc1c(C)cccc1C. The Labute approximate surface area is 110 Å². The molecule has 2 aromatic rings. The zero-order valence-corrected chi connectivity index (χ0v) is 11.7. The van der Waals surface area contributed by atoms with Crippen LogP contribution in [-0.4, -0.2) is 11.6 Å². The van der Waals surface area contributed by atoms with E-state index in [2.05, 4.69) is 67.2 Å². The van der Waals surface area contributed by atoms with Crippen LogP contribution in [0, 0.1) is 13.8 Å². The Hall–Kier alpha value is -1.54. The average Bonchev–Trinajstić information content (AvgIpc) is 2.81. The Balaban J connectivity index is 2.32. The molecule has 0 aliphatic rings. The van der Waals surface area contributed by atoms with E-state index in [-0.39, 0.29) is 0 Å². The zero-order chi connectivity index (χ0) is 13.1. The molecule has 0 saturated heterocycles. The van der Waals surface area contributed by atoms with Crippen molar-refractivity contribution in [3.8, 4) is 0 Å². The molecule has 1 heterocycles. The van der Waals surface area contributed by atoms with Gasteiger partial charge in [0.1, 0.15) is 0 Å². The minimum atomic E-state index is 0.379. The van der Waals surface area contributed by atoms with E-state index in [1.807, 2.05) is 7.05 Å². The number of nitrogens with zero attached hydrogens (tertiary/aromatic N) is 1. The van der Waals surface area contributed by atoms with E-state index in [0.717, 1.165) is 6.54 Å². The van der Waals surface area contributed by atoms with Crippen LogP contribution in [0.4, 0.5) is 0 Å². The van der Waals surface area contributed by atoms with Gasteiger partial charge >= 0.3 is 0 Å². The summed E-state index contributed by atoms with van der Waals surface area (Å²) in [6.07, 6.45) is 2.16. The Kier molecular flexibility index (Phi) is 3.87. The summed E-state index contributed by atoms with van der Waals surface area (Å²) in [5.41, 5.74) is 5.50. The molecular weight excluding hydrogens is 220 g/mol. The van der Waals surface area contributed by atoms with Gasteiger partial charge in [-0.1, -0.05) is 18.2 Å². The lowest BCUT2D eigenvalue weighted by Crippen LogP contribution is -2.17. The van der Waals surface area contributed by atoms with E-state index in [4.69, 9.17) is 0 Å². The van der Waals surface area contributed by atoms with Crippen LogP contribution in [-0.2, 0) is 6.54 Å². The van der Waals surface area contributed by atoms with Gasteiger partial charge in [0.25, 0.3) is 0 Å². The van der Waals surface area contributed by atoms with E-state index >= 15 is 0 Å². The Morgan fingerprint density at radius 2 is 1.78 bits per heavy atom. The highest BCUT2D eigenvalue weighted by Crippen LogP contribution is 2.19. The van der Waals surface area contributed by atoms with Gasteiger partial charge in [-0.3, -0.25) is 0 Å². The highest BCUT2D eigenvalue weighted by molar-refractivity contribution is 5.34. The van der Waals surface area contributed by atoms with Crippen LogP contribution in [0.3, 0.4) is 0 Å². The quantitative estimate of drug-likeness (QED) is 0.869. The molecule has 0 spiro atoms. The largest absolute Gasteiger partial charge is 0.346 e. The van der Waals surface area contributed by atoms with E-state index in [9.17, 15) is 0 Å². The number of aryl methyl sites for hydroxylation is 2. The first kappa shape index (κ1) is 12.9. The number of aromatic nitrogens is 1. The average molecular weight is 242 g/mol. The van der Waals surface area contributed by atoms with E-state index < -0.39 is 0 Å². The third-order valence-electron chi connectivity index (χ3n) is 3.71. The van der Waals surface area contributed by atoms with Crippen molar-refractivity contribution in [1.29, 1.82) is 0 Å². The minimum absolute atomic E-state index is 0.379. The Bertz CT molecular complexity index is 505. The molecule has 0 bridgehead atoms. The lowest BCUT2D eigenvalue weighted by atomic mass is 10.0. The fourth-order valence-corrected chi connectivity index (χ4v) is 2.38. The van der Waals surface area contributed by atoms with Gasteiger partial charge in [0.15, 0.2) is 0 Å². The van der Waals surface area contributed by atoms with Crippen molar-refractivity contribution in [3.05, 3.63) is 58.9 Å². The van der Waals surface area contributed by atoms with E-state index in [1.165, 1.54) is 22.4 Å². The van der Waals surface area contributed by atoms with Gasteiger partial charge in [0.2, 0.25) is 0 Å². The van der Waals surface area contributed by atoms with Gasteiger partial charge in [0, 0.05) is 24.5 Å². The van der Waals surface area contributed by atoms with Crippen LogP contribution in [0.1, 0.15) is 35.3 Å². The van der Waals surface area contributed by atoms with E-state index in [0.29, 0.717) is 6.04 Å². The van der Waals surface area contributed by atoms with Crippen LogP contribution in [0.15, 0.2) is 36.5 Å². The highest BCUT2D eigenvalue weighted by Gasteiger charge is 2.10. The Morgan fingerprint density at radius 1 is 1.11 bits per heavy atom. The number of hydrogen-bond donors (Lipinski definition) is 1. The molecular formula is C16H22N2. The number of nitrogens with one attached hydrogen (secondary N) is 1. The maximum absolute atomic E-state index is 3.30. The molecule has 96 valence electrons. The van der Waals surface area contributed by atoms with Gasteiger partial charge < -0.3 is 9.88 Å². The maximum atomic E-state index is 3.30. The molecule has 1 atom stereocenters.